The second-order valence-electron chi connectivity index (χ2n) is 4.82. The van der Waals surface area contributed by atoms with Gasteiger partial charge >= 0.3 is 5.97 Å². The Morgan fingerprint density at radius 3 is 2.53 bits per heavy atom. The smallest absolute Gasteiger partial charge is 0.305 e. The Balaban J connectivity index is 1.97. The molecule has 0 atom stereocenters. The van der Waals surface area contributed by atoms with Gasteiger partial charge in [-0.2, -0.15) is 0 Å². The van der Waals surface area contributed by atoms with E-state index in [2.05, 4.69) is 23.8 Å². The van der Waals surface area contributed by atoms with Gasteiger partial charge in [0.15, 0.2) is 0 Å². The number of likely N-dealkylation sites (N-methyl/N-ethyl adjacent to an activating group) is 1. The summed E-state index contributed by atoms with van der Waals surface area (Å²) in [6.45, 7) is 8.24. The first-order valence-electron chi connectivity index (χ1n) is 6.79. The molecule has 4 heteroatoms. The van der Waals surface area contributed by atoms with Crippen molar-refractivity contribution >= 4 is 5.97 Å². The summed E-state index contributed by atoms with van der Waals surface area (Å²) in [6, 6.07) is 0. The van der Waals surface area contributed by atoms with Gasteiger partial charge in [0.2, 0.25) is 0 Å². The summed E-state index contributed by atoms with van der Waals surface area (Å²) in [5.74, 6) is -0.0347. The molecule has 0 amide bonds. The first-order chi connectivity index (χ1) is 8.22. The molecule has 4 nitrogen and oxygen atoms in total. The number of unbranched alkanes of at least 4 members (excludes halogenated alkanes) is 1. The first-order valence-corrected chi connectivity index (χ1v) is 6.79. The van der Waals surface area contributed by atoms with Gasteiger partial charge in [-0.3, -0.25) is 4.79 Å². The molecule has 1 aliphatic heterocycles. The van der Waals surface area contributed by atoms with Crippen LogP contribution in [0, 0.1) is 0 Å². The van der Waals surface area contributed by atoms with Crippen LogP contribution in [-0.4, -0.2) is 62.1 Å². The molecule has 0 saturated carbocycles. The lowest BCUT2D eigenvalue weighted by Crippen LogP contribution is -2.44. The molecule has 17 heavy (non-hydrogen) atoms. The van der Waals surface area contributed by atoms with E-state index in [1.807, 2.05) is 0 Å². The monoisotopic (exact) mass is 242 g/mol. The Bertz CT molecular complexity index is 213. The zero-order valence-electron chi connectivity index (χ0n) is 11.3. The maximum absolute atomic E-state index is 11.4. The fraction of sp³-hybridized carbons (Fsp3) is 0.923. The Morgan fingerprint density at radius 1 is 1.18 bits per heavy atom. The molecule has 0 aromatic carbocycles. The van der Waals surface area contributed by atoms with Crippen LogP contribution >= 0.6 is 0 Å². The largest absolute Gasteiger partial charge is 0.466 e. The van der Waals surface area contributed by atoms with Gasteiger partial charge < -0.3 is 14.5 Å². The van der Waals surface area contributed by atoms with Crippen LogP contribution in [0.1, 0.15) is 32.6 Å². The van der Waals surface area contributed by atoms with E-state index in [-0.39, 0.29) is 5.97 Å². The van der Waals surface area contributed by atoms with E-state index in [0.717, 1.165) is 52.0 Å². The number of rotatable bonds is 7. The van der Waals surface area contributed by atoms with E-state index in [0.29, 0.717) is 13.0 Å². The molecule has 1 rings (SSSR count). The fourth-order valence-corrected chi connectivity index (χ4v) is 1.92. The molecule has 0 aliphatic carbocycles. The van der Waals surface area contributed by atoms with Gasteiger partial charge in [-0.15, -0.1) is 0 Å². The van der Waals surface area contributed by atoms with Crippen molar-refractivity contribution < 1.29 is 9.53 Å². The predicted octanol–water partition coefficient (Wildman–Crippen LogP) is 1.36. The lowest BCUT2D eigenvalue weighted by Gasteiger charge is -2.32. The summed E-state index contributed by atoms with van der Waals surface area (Å²) in [7, 11) is 2.16. The highest BCUT2D eigenvalue weighted by atomic mass is 16.5. The van der Waals surface area contributed by atoms with Crippen molar-refractivity contribution in [3.8, 4) is 0 Å². The SMILES string of the molecule is CCCCOC(=O)CCCN1CCN(C)CC1. The normalized spacial score (nSPS) is 18.2. The summed E-state index contributed by atoms with van der Waals surface area (Å²) in [4.78, 5) is 16.1. The number of carbonyl (C=O) groups excluding carboxylic acids is 1. The molecular weight excluding hydrogens is 216 g/mol. The zero-order valence-corrected chi connectivity index (χ0v) is 11.3. The van der Waals surface area contributed by atoms with Gasteiger partial charge in [0, 0.05) is 32.6 Å². The molecule has 1 fully saturated rings. The van der Waals surface area contributed by atoms with Crippen molar-refractivity contribution in [2.24, 2.45) is 0 Å². The van der Waals surface area contributed by atoms with E-state index in [9.17, 15) is 4.79 Å². The lowest BCUT2D eigenvalue weighted by atomic mass is 10.2. The number of nitrogens with zero attached hydrogens (tertiary/aromatic N) is 2. The molecule has 1 heterocycles. The Labute approximate surface area is 105 Å². The van der Waals surface area contributed by atoms with Gasteiger partial charge in [-0.1, -0.05) is 13.3 Å². The summed E-state index contributed by atoms with van der Waals surface area (Å²) < 4.78 is 5.12. The number of hydrogen-bond donors (Lipinski definition) is 0. The van der Waals surface area contributed by atoms with Gasteiger partial charge in [0.05, 0.1) is 6.61 Å². The molecule has 0 aromatic heterocycles. The van der Waals surface area contributed by atoms with Crippen LogP contribution in [-0.2, 0) is 9.53 Å². The summed E-state index contributed by atoms with van der Waals surface area (Å²) in [5, 5.41) is 0. The molecule has 0 radical (unpaired) electrons. The summed E-state index contributed by atoms with van der Waals surface area (Å²) in [6.07, 6.45) is 3.55. The third-order valence-electron chi connectivity index (χ3n) is 3.21. The average Bonchev–Trinajstić information content (AvgIpc) is 2.32. The van der Waals surface area contributed by atoms with Crippen LogP contribution in [0.15, 0.2) is 0 Å². The van der Waals surface area contributed by atoms with E-state index < -0.39 is 0 Å². The lowest BCUT2D eigenvalue weighted by molar-refractivity contribution is -0.143. The zero-order chi connectivity index (χ0) is 12.5. The molecule has 100 valence electrons. The molecule has 1 saturated heterocycles. The molecule has 0 spiro atoms. The fourth-order valence-electron chi connectivity index (χ4n) is 1.92. The van der Waals surface area contributed by atoms with Crippen molar-refractivity contribution in [1.82, 2.24) is 9.80 Å². The number of carbonyl (C=O) groups is 1. The standard InChI is InChI=1S/C13H26N2O2/c1-3-4-12-17-13(16)6-5-7-15-10-8-14(2)9-11-15/h3-12H2,1-2H3. The highest BCUT2D eigenvalue weighted by molar-refractivity contribution is 5.69. The Morgan fingerprint density at radius 2 is 1.88 bits per heavy atom. The molecule has 1 aliphatic rings. The molecule has 0 aromatic rings. The Kier molecular flexibility index (Phi) is 7.21. The molecule has 0 unspecified atom stereocenters. The predicted molar refractivity (Wildman–Crippen MR) is 69.0 cm³/mol. The maximum atomic E-state index is 11.4. The number of ether oxygens (including phenoxy) is 1. The van der Waals surface area contributed by atoms with Crippen LogP contribution in [0.5, 0.6) is 0 Å². The van der Waals surface area contributed by atoms with Gasteiger partial charge in [-0.25, -0.2) is 0 Å². The van der Waals surface area contributed by atoms with Crippen molar-refractivity contribution in [3.05, 3.63) is 0 Å². The van der Waals surface area contributed by atoms with Crippen molar-refractivity contribution in [3.63, 3.8) is 0 Å². The van der Waals surface area contributed by atoms with Gasteiger partial charge in [-0.05, 0) is 26.4 Å². The van der Waals surface area contributed by atoms with E-state index in [1.54, 1.807) is 0 Å². The molecule has 0 N–H and O–H groups in total. The van der Waals surface area contributed by atoms with Gasteiger partial charge in [0.1, 0.15) is 0 Å². The van der Waals surface area contributed by atoms with Crippen molar-refractivity contribution in [2.75, 3.05) is 46.4 Å². The molecular formula is C13H26N2O2. The van der Waals surface area contributed by atoms with Crippen molar-refractivity contribution in [2.45, 2.75) is 32.6 Å². The van der Waals surface area contributed by atoms with Crippen LogP contribution in [0.25, 0.3) is 0 Å². The Hall–Kier alpha value is -0.610. The third-order valence-corrected chi connectivity index (χ3v) is 3.21. The first kappa shape index (κ1) is 14.5. The quantitative estimate of drug-likeness (QED) is 0.498. The van der Waals surface area contributed by atoms with E-state index in [1.165, 1.54) is 0 Å². The van der Waals surface area contributed by atoms with Crippen molar-refractivity contribution in [1.29, 1.82) is 0 Å². The maximum Gasteiger partial charge on any atom is 0.305 e. The van der Waals surface area contributed by atoms with Crippen LogP contribution in [0.2, 0.25) is 0 Å². The van der Waals surface area contributed by atoms with E-state index >= 15 is 0 Å². The van der Waals surface area contributed by atoms with Gasteiger partial charge in [0.25, 0.3) is 0 Å². The second-order valence-corrected chi connectivity index (χ2v) is 4.82. The van der Waals surface area contributed by atoms with Crippen LogP contribution in [0.3, 0.4) is 0 Å². The highest BCUT2D eigenvalue weighted by Crippen LogP contribution is 2.02. The average molecular weight is 242 g/mol. The van der Waals surface area contributed by atoms with Crippen LogP contribution < -0.4 is 0 Å². The molecule has 0 bridgehead atoms. The number of piperazine rings is 1. The minimum Gasteiger partial charge on any atom is -0.466 e. The minimum absolute atomic E-state index is 0.0347. The van der Waals surface area contributed by atoms with E-state index in [4.69, 9.17) is 4.74 Å². The third kappa shape index (κ3) is 6.64. The topological polar surface area (TPSA) is 32.8 Å². The minimum atomic E-state index is -0.0347. The summed E-state index contributed by atoms with van der Waals surface area (Å²) >= 11 is 0. The highest BCUT2D eigenvalue weighted by Gasteiger charge is 2.13. The van der Waals surface area contributed by atoms with Crippen LogP contribution in [0.4, 0.5) is 0 Å². The summed E-state index contributed by atoms with van der Waals surface area (Å²) in [5.41, 5.74) is 0. The number of hydrogen-bond acceptors (Lipinski definition) is 4. The second kappa shape index (κ2) is 8.48. The number of esters is 1.